The lowest BCUT2D eigenvalue weighted by atomic mass is 10.2. The van der Waals surface area contributed by atoms with Crippen LogP contribution in [-0.4, -0.2) is 9.97 Å². The van der Waals surface area contributed by atoms with Gasteiger partial charge in [-0.15, -0.1) is 0 Å². The molecule has 0 spiro atoms. The standard InChI is InChI=1S/C12H13ClN4O/c1-7-5-9(3-4-10(7)13)18-12-8(2)11(17-14)15-6-16-12/h3-6H,14H2,1-2H3,(H,15,16,17). The van der Waals surface area contributed by atoms with Crippen molar-refractivity contribution in [2.24, 2.45) is 5.84 Å². The van der Waals surface area contributed by atoms with Crippen LogP contribution in [0, 0.1) is 13.8 Å². The average Bonchev–Trinajstić information content (AvgIpc) is 2.36. The Labute approximate surface area is 110 Å². The fourth-order valence-corrected chi connectivity index (χ4v) is 1.59. The molecule has 3 N–H and O–H groups in total. The first kappa shape index (κ1) is 12.6. The third-order valence-electron chi connectivity index (χ3n) is 2.52. The maximum Gasteiger partial charge on any atom is 0.227 e. The van der Waals surface area contributed by atoms with Crippen LogP contribution in [0.4, 0.5) is 5.82 Å². The molecule has 0 aliphatic heterocycles. The number of nitrogens with two attached hydrogens (primary N) is 1. The molecule has 0 aliphatic carbocycles. The molecule has 0 atom stereocenters. The fourth-order valence-electron chi connectivity index (χ4n) is 1.47. The summed E-state index contributed by atoms with van der Waals surface area (Å²) in [6, 6.07) is 5.41. The van der Waals surface area contributed by atoms with E-state index in [0.29, 0.717) is 22.5 Å². The Morgan fingerprint density at radius 1 is 1.28 bits per heavy atom. The highest BCUT2D eigenvalue weighted by Crippen LogP contribution is 2.28. The van der Waals surface area contributed by atoms with Crippen LogP contribution in [0.15, 0.2) is 24.5 Å². The van der Waals surface area contributed by atoms with Crippen molar-refractivity contribution in [3.8, 4) is 11.6 Å². The molecule has 2 rings (SSSR count). The predicted molar refractivity (Wildman–Crippen MR) is 70.8 cm³/mol. The number of aryl methyl sites for hydroxylation is 1. The van der Waals surface area contributed by atoms with Crippen molar-refractivity contribution in [2.75, 3.05) is 5.43 Å². The molecular formula is C12H13ClN4O. The zero-order chi connectivity index (χ0) is 13.1. The summed E-state index contributed by atoms with van der Waals surface area (Å²) in [5, 5.41) is 0.700. The number of ether oxygens (including phenoxy) is 1. The summed E-state index contributed by atoms with van der Waals surface area (Å²) < 4.78 is 5.68. The minimum atomic E-state index is 0.458. The van der Waals surface area contributed by atoms with Gasteiger partial charge in [0.1, 0.15) is 17.9 Å². The van der Waals surface area contributed by atoms with Crippen LogP contribution in [0.5, 0.6) is 11.6 Å². The normalized spacial score (nSPS) is 10.2. The van der Waals surface area contributed by atoms with Crippen LogP contribution in [-0.2, 0) is 0 Å². The van der Waals surface area contributed by atoms with E-state index in [9.17, 15) is 0 Å². The Kier molecular flexibility index (Phi) is 3.64. The number of anilines is 1. The molecule has 1 heterocycles. The van der Waals surface area contributed by atoms with Gasteiger partial charge in [-0.05, 0) is 37.6 Å². The number of hydrogen-bond donors (Lipinski definition) is 2. The number of rotatable bonds is 3. The van der Waals surface area contributed by atoms with Crippen molar-refractivity contribution in [3.05, 3.63) is 40.7 Å². The number of nitrogen functional groups attached to an aromatic ring is 1. The van der Waals surface area contributed by atoms with E-state index in [-0.39, 0.29) is 0 Å². The third-order valence-corrected chi connectivity index (χ3v) is 2.94. The Bertz CT molecular complexity index is 574. The van der Waals surface area contributed by atoms with E-state index in [1.54, 1.807) is 12.1 Å². The minimum absolute atomic E-state index is 0.458. The van der Waals surface area contributed by atoms with E-state index < -0.39 is 0 Å². The van der Waals surface area contributed by atoms with Gasteiger partial charge < -0.3 is 10.2 Å². The van der Waals surface area contributed by atoms with Crippen molar-refractivity contribution >= 4 is 17.4 Å². The predicted octanol–water partition coefficient (Wildman–Crippen LogP) is 2.82. The SMILES string of the molecule is Cc1cc(Oc2ncnc(NN)c2C)ccc1Cl. The Balaban J connectivity index is 2.31. The topological polar surface area (TPSA) is 73.1 Å². The molecule has 0 amide bonds. The molecule has 0 unspecified atom stereocenters. The number of hydrogen-bond acceptors (Lipinski definition) is 5. The largest absolute Gasteiger partial charge is 0.439 e. The second kappa shape index (κ2) is 5.20. The molecule has 0 bridgehead atoms. The zero-order valence-electron chi connectivity index (χ0n) is 10.1. The van der Waals surface area contributed by atoms with E-state index in [4.69, 9.17) is 22.2 Å². The summed E-state index contributed by atoms with van der Waals surface area (Å²) in [6.45, 7) is 3.74. The van der Waals surface area contributed by atoms with Gasteiger partial charge in [-0.3, -0.25) is 0 Å². The summed E-state index contributed by atoms with van der Waals surface area (Å²) in [6.07, 6.45) is 1.39. The van der Waals surface area contributed by atoms with Gasteiger partial charge in [0.2, 0.25) is 5.88 Å². The summed E-state index contributed by atoms with van der Waals surface area (Å²) in [5.41, 5.74) is 4.18. The highest BCUT2D eigenvalue weighted by Gasteiger charge is 2.08. The number of nitrogens with zero attached hydrogens (tertiary/aromatic N) is 2. The molecule has 0 aliphatic rings. The molecule has 0 saturated heterocycles. The van der Waals surface area contributed by atoms with Gasteiger partial charge >= 0.3 is 0 Å². The lowest BCUT2D eigenvalue weighted by Gasteiger charge is -2.10. The van der Waals surface area contributed by atoms with Gasteiger partial charge in [-0.1, -0.05) is 11.6 Å². The van der Waals surface area contributed by atoms with Crippen molar-refractivity contribution in [2.45, 2.75) is 13.8 Å². The first-order valence-electron chi connectivity index (χ1n) is 5.34. The Morgan fingerprint density at radius 3 is 2.72 bits per heavy atom. The van der Waals surface area contributed by atoms with Crippen LogP contribution in [0.1, 0.15) is 11.1 Å². The van der Waals surface area contributed by atoms with Crippen LogP contribution < -0.4 is 16.0 Å². The summed E-state index contributed by atoms with van der Waals surface area (Å²) >= 11 is 5.95. The first-order chi connectivity index (χ1) is 8.61. The average molecular weight is 265 g/mol. The smallest absolute Gasteiger partial charge is 0.227 e. The number of halogens is 1. The molecule has 1 aromatic heterocycles. The van der Waals surface area contributed by atoms with Gasteiger partial charge in [0.05, 0.1) is 5.56 Å². The molecule has 0 radical (unpaired) electrons. The van der Waals surface area contributed by atoms with E-state index in [2.05, 4.69) is 15.4 Å². The molecule has 1 aromatic carbocycles. The van der Waals surface area contributed by atoms with Crippen molar-refractivity contribution < 1.29 is 4.74 Å². The van der Waals surface area contributed by atoms with Crippen LogP contribution in [0.2, 0.25) is 5.02 Å². The Hall–Kier alpha value is -1.85. The molecule has 0 fully saturated rings. The molecule has 2 aromatic rings. The molecule has 0 saturated carbocycles. The van der Waals surface area contributed by atoms with Crippen LogP contribution >= 0.6 is 11.6 Å². The number of aromatic nitrogens is 2. The summed E-state index contributed by atoms with van der Waals surface area (Å²) in [7, 11) is 0. The highest BCUT2D eigenvalue weighted by atomic mass is 35.5. The van der Waals surface area contributed by atoms with Gasteiger partial charge in [-0.2, -0.15) is 0 Å². The Morgan fingerprint density at radius 2 is 2.06 bits per heavy atom. The lowest BCUT2D eigenvalue weighted by Crippen LogP contribution is -2.11. The van der Waals surface area contributed by atoms with Crippen molar-refractivity contribution in [3.63, 3.8) is 0 Å². The minimum Gasteiger partial charge on any atom is -0.439 e. The number of nitrogens with one attached hydrogen (secondary N) is 1. The maximum atomic E-state index is 5.95. The number of benzene rings is 1. The molecule has 94 valence electrons. The molecule has 6 heteroatoms. The molecular weight excluding hydrogens is 252 g/mol. The van der Waals surface area contributed by atoms with E-state index in [0.717, 1.165) is 11.1 Å². The van der Waals surface area contributed by atoms with Crippen molar-refractivity contribution in [1.82, 2.24) is 9.97 Å². The van der Waals surface area contributed by atoms with Gasteiger partial charge in [0.25, 0.3) is 0 Å². The quantitative estimate of drug-likeness (QED) is 0.659. The second-order valence-electron chi connectivity index (χ2n) is 3.81. The zero-order valence-corrected chi connectivity index (χ0v) is 10.8. The third kappa shape index (κ3) is 2.52. The maximum absolute atomic E-state index is 5.95. The fraction of sp³-hybridized carbons (Fsp3) is 0.167. The van der Waals surface area contributed by atoms with Gasteiger partial charge in [0.15, 0.2) is 0 Å². The lowest BCUT2D eigenvalue weighted by molar-refractivity contribution is 0.457. The molecule has 18 heavy (non-hydrogen) atoms. The molecule has 5 nitrogen and oxygen atoms in total. The number of hydrazine groups is 1. The van der Waals surface area contributed by atoms with Crippen LogP contribution in [0.25, 0.3) is 0 Å². The van der Waals surface area contributed by atoms with Crippen LogP contribution in [0.3, 0.4) is 0 Å². The monoisotopic (exact) mass is 264 g/mol. The van der Waals surface area contributed by atoms with Gasteiger partial charge in [-0.25, -0.2) is 15.8 Å². The summed E-state index contributed by atoms with van der Waals surface area (Å²) in [5.74, 6) is 7.00. The van der Waals surface area contributed by atoms with Gasteiger partial charge in [0, 0.05) is 5.02 Å². The van der Waals surface area contributed by atoms with E-state index in [1.165, 1.54) is 6.33 Å². The highest BCUT2D eigenvalue weighted by molar-refractivity contribution is 6.31. The van der Waals surface area contributed by atoms with E-state index in [1.807, 2.05) is 19.9 Å². The first-order valence-corrected chi connectivity index (χ1v) is 5.72. The second-order valence-corrected chi connectivity index (χ2v) is 4.22. The van der Waals surface area contributed by atoms with E-state index >= 15 is 0 Å². The van der Waals surface area contributed by atoms with Crippen molar-refractivity contribution in [1.29, 1.82) is 0 Å². The summed E-state index contributed by atoms with van der Waals surface area (Å²) in [4.78, 5) is 8.05.